The summed E-state index contributed by atoms with van der Waals surface area (Å²) in [5.41, 5.74) is 13.5. The van der Waals surface area contributed by atoms with Crippen molar-refractivity contribution in [1.29, 1.82) is 0 Å². The smallest absolute Gasteiger partial charge is 0.119 e. The van der Waals surface area contributed by atoms with Gasteiger partial charge in [0.15, 0.2) is 0 Å². The van der Waals surface area contributed by atoms with Crippen molar-refractivity contribution in [2.75, 3.05) is 36.2 Å². The highest BCUT2D eigenvalue weighted by Crippen LogP contribution is 2.26. The number of ether oxygens (including phenoxy) is 2. The lowest BCUT2D eigenvalue weighted by molar-refractivity contribution is 0.334. The first kappa shape index (κ1) is 20.3. The third kappa shape index (κ3) is 6.32. The fourth-order valence-electron chi connectivity index (χ4n) is 2.48. The summed E-state index contributed by atoms with van der Waals surface area (Å²) in [7, 11) is 0. The normalized spacial score (nSPS) is 10.6. The molecule has 0 heterocycles. The van der Waals surface area contributed by atoms with Crippen molar-refractivity contribution in [3.05, 3.63) is 72.8 Å². The number of hydrogen-bond donors (Lipinski definition) is 2. The molecule has 0 bridgehead atoms. The molecule has 0 saturated carbocycles. The van der Waals surface area contributed by atoms with Crippen molar-refractivity contribution in [2.45, 2.75) is 9.79 Å². The number of rotatable bonds is 10. The highest BCUT2D eigenvalue weighted by molar-refractivity contribution is 7.99. The molecule has 0 aliphatic carbocycles. The minimum Gasteiger partial charge on any atom is -0.493 e. The zero-order valence-electron chi connectivity index (χ0n) is 15.5. The first-order chi connectivity index (χ1) is 13.7. The summed E-state index contributed by atoms with van der Waals surface area (Å²) in [4.78, 5) is 2.18. The van der Waals surface area contributed by atoms with E-state index in [4.69, 9.17) is 20.9 Å². The molecule has 0 aromatic heterocycles. The van der Waals surface area contributed by atoms with Crippen LogP contribution in [0.25, 0.3) is 0 Å². The van der Waals surface area contributed by atoms with Crippen LogP contribution in [0.3, 0.4) is 0 Å². The number of thioether (sulfide) groups is 2. The Morgan fingerprint density at radius 2 is 0.964 bits per heavy atom. The summed E-state index contributed by atoms with van der Waals surface area (Å²) in [6.07, 6.45) is 0. The third-order valence-corrected chi connectivity index (χ3v) is 5.99. The molecule has 0 atom stereocenters. The first-order valence-corrected chi connectivity index (χ1v) is 11.0. The fourth-order valence-corrected chi connectivity index (χ4v) is 4.07. The SMILES string of the molecule is Nc1ccccc1SCCOc1ccc(OCCSc2ccccc2N)cc1. The van der Waals surface area contributed by atoms with Crippen molar-refractivity contribution in [2.24, 2.45) is 0 Å². The fraction of sp³-hybridized carbons (Fsp3) is 0.182. The Hall–Kier alpha value is -2.44. The second kappa shape index (κ2) is 10.8. The largest absolute Gasteiger partial charge is 0.493 e. The molecule has 4 nitrogen and oxygen atoms in total. The lowest BCUT2D eigenvalue weighted by Crippen LogP contribution is -2.02. The number of hydrogen-bond acceptors (Lipinski definition) is 6. The molecule has 0 aliphatic rings. The van der Waals surface area contributed by atoms with E-state index in [9.17, 15) is 0 Å². The molecular weight excluding hydrogens is 388 g/mol. The number of nitrogens with two attached hydrogens (primary N) is 2. The van der Waals surface area contributed by atoms with E-state index in [1.165, 1.54) is 0 Å². The molecule has 28 heavy (non-hydrogen) atoms. The van der Waals surface area contributed by atoms with Crippen LogP contribution in [0, 0.1) is 0 Å². The van der Waals surface area contributed by atoms with Gasteiger partial charge in [0.2, 0.25) is 0 Å². The van der Waals surface area contributed by atoms with Crippen molar-refractivity contribution in [3.63, 3.8) is 0 Å². The van der Waals surface area contributed by atoms with Crippen LogP contribution in [0.4, 0.5) is 11.4 Å². The average molecular weight is 413 g/mol. The number of para-hydroxylation sites is 2. The molecule has 6 heteroatoms. The Morgan fingerprint density at radius 3 is 1.36 bits per heavy atom. The summed E-state index contributed by atoms with van der Waals surface area (Å²) < 4.78 is 11.6. The highest BCUT2D eigenvalue weighted by Gasteiger charge is 2.01. The van der Waals surface area contributed by atoms with Crippen molar-refractivity contribution >= 4 is 34.9 Å². The summed E-state index contributed by atoms with van der Waals surface area (Å²) >= 11 is 3.39. The van der Waals surface area contributed by atoms with Gasteiger partial charge in [-0.15, -0.1) is 23.5 Å². The topological polar surface area (TPSA) is 70.5 Å². The van der Waals surface area contributed by atoms with Gasteiger partial charge in [0.1, 0.15) is 11.5 Å². The Bertz CT molecular complexity index is 800. The summed E-state index contributed by atoms with van der Waals surface area (Å²) in [5, 5.41) is 0. The number of nitrogen functional groups attached to an aromatic ring is 2. The van der Waals surface area contributed by atoms with Gasteiger partial charge in [0, 0.05) is 32.7 Å². The highest BCUT2D eigenvalue weighted by atomic mass is 32.2. The zero-order chi connectivity index (χ0) is 19.6. The van der Waals surface area contributed by atoms with E-state index in [1.807, 2.05) is 72.8 Å². The van der Waals surface area contributed by atoms with E-state index in [1.54, 1.807) is 23.5 Å². The third-order valence-electron chi connectivity index (χ3n) is 3.88. The Morgan fingerprint density at radius 1 is 0.571 bits per heavy atom. The minimum absolute atomic E-state index is 0.619. The second-order valence-electron chi connectivity index (χ2n) is 5.94. The standard InChI is InChI=1S/C22H24N2O2S2/c23-19-5-1-3-7-21(19)27-15-13-25-17-9-11-18(12-10-17)26-14-16-28-22-8-4-2-6-20(22)24/h1-12H,13-16,23-24H2. The average Bonchev–Trinajstić information content (AvgIpc) is 2.72. The van der Waals surface area contributed by atoms with Crippen molar-refractivity contribution in [3.8, 4) is 11.5 Å². The van der Waals surface area contributed by atoms with Crippen LogP contribution in [-0.4, -0.2) is 24.7 Å². The lowest BCUT2D eigenvalue weighted by atomic mass is 10.3. The van der Waals surface area contributed by atoms with Gasteiger partial charge >= 0.3 is 0 Å². The monoisotopic (exact) mass is 412 g/mol. The van der Waals surface area contributed by atoms with E-state index in [0.717, 1.165) is 44.2 Å². The van der Waals surface area contributed by atoms with Crippen LogP contribution in [0.2, 0.25) is 0 Å². The van der Waals surface area contributed by atoms with Gasteiger partial charge in [-0.05, 0) is 48.5 Å². The van der Waals surface area contributed by atoms with Crippen LogP contribution < -0.4 is 20.9 Å². The molecule has 146 valence electrons. The van der Waals surface area contributed by atoms with E-state index in [2.05, 4.69) is 0 Å². The second-order valence-corrected chi connectivity index (χ2v) is 8.21. The Balaban J connectivity index is 1.34. The van der Waals surface area contributed by atoms with E-state index >= 15 is 0 Å². The van der Waals surface area contributed by atoms with Crippen LogP contribution in [0.15, 0.2) is 82.6 Å². The van der Waals surface area contributed by atoms with Gasteiger partial charge < -0.3 is 20.9 Å². The lowest BCUT2D eigenvalue weighted by Gasteiger charge is -2.10. The first-order valence-electron chi connectivity index (χ1n) is 9.02. The van der Waals surface area contributed by atoms with Crippen LogP contribution in [0.1, 0.15) is 0 Å². The predicted octanol–water partition coefficient (Wildman–Crippen LogP) is 5.19. The van der Waals surface area contributed by atoms with Gasteiger partial charge in [-0.2, -0.15) is 0 Å². The molecule has 0 aliphatic heterocycles. The molecule has 0 radical (unpaired) electrons. The molecule has 0 amide bonds. The van der Waals surface area contributed by atoms with Gasteiger partial charge in [-0.1, -0.05) is 24.3 Å². The molecule has 4 N–H and O–H groups in total. The van der Waals surface area contributed by atoms with E-state index in [-0.39, 0.29) is 0 Å². The van der Waals surface area contributed by atoms with Crippen LogP contribution >= 0.6 is 23.5 Å². The molecule has 3 aromatic rings. The van der Waals surface area contributed by atoms with Crippen molar-refractivity contribution < 1.29 is 9.47 Å². The number of benzene rings is 3. The quantitative estimate of drug-likeness (QED) is 0.271. The molecule has 0 spiro atoms. The Kier molecular flexibility index (Phi) is 7.82. The zero-order valence-corrected chi connectivity index (χ0v) is 17.2. The van der Waals surface area contributed by atoms with Crippen LogP contribution in [-0.2, 0) is 0 Å². The maximum atomic E-state index is 5.94. The van der Waals surface area contributed by atoms with Gasteiger partial charge in [0.25, 0.3) is 0 Å². The molecule has 3 rings (SSSR count). The molecule has 0 unspecified atom stereocenters. The summed E-state index contributed by atoms with van der Waals surface area (Å²) in [6, 6.07) is 23.5. The van der Waals surface area contributed by atoms with Gasteiger partial charge in [0.05, 0.1) is 13.2 Å². The van der Waals surface area contributed by atoms with Crippen LogP contribution in [0.5, 0.6) is 11.5 Å². The van der Waals surface area contributed by atoms with E-state index < -0.39 is 0 Å². The van der Waals surface area contributed by atoms with Crippen molar-refractivity contribution in [1.82, 2.24) is 0 Å². The minimum atomic E-state index is 0.619. The molecule has 3 aromatic carbocycles. The summed E-state index contributed by atoms with van der Waals surface area (Å²) in [5.74, 6) is 3.35. The molecular formula is C22H24N2O2S2. The predicted molar refractivity (Wildman–Crippen MR) is 121 cm³/mol. The van der Waals surface area contributed by atoms with Gasteiger partial charge in [-0.3, -0.25) is 0 Å². The molecule has 0 saturated heterocycles. The van der Waals surface area contributed by atoms with E-state index in [0.29, 0.717) is 13.2 Å². The summed E-state index contributed by atoms with van der Waals surface area (Å²) in [6.45, 7) is 1.24. The Labute approximate surface area is 174 Å². The molecule has 0 fully saturated rings. The van der Waals surface area contributed by atoms with Gasteiger partial charge in [-0.25, -0.2) is 0 Å². The number of anilines is 2. The maximum Gasteiger partial charge on any atom is 0.119 e. The maximum absolute atomic E-state index is 5.94.